The average Bonchev–Trinajstić information content (AvgIpc) is 3.57. The van der Waals surface area contributed by atoms with Gasteiger partial charge < -0.3 is 10.4 Å². The predicted octanol–water partition coefficient (Wildman–Crippen LogP) is 2.94. The molecule has 2 heterocycles. The van der Waals surface area contributed by atoms with Gasteiger partial charge in [-0.25, -0.2) is 14.5 Å². The molecule has 1 amide bonds. The number of aromatic nitrogens is 3. The molecule has 7 nitrogen and oxygen atoms in total. The van der Waals surface area contributed by atoms with Crippen molar-refractivity contribution in [2.45, 2.75) is 75.8 Å². The lowest BCUT2D eigenvalue weighted by atomic mass is 10.1. The monoisotopic (exact) mass is 368 g/mol. The molecule has 0 spiro atoms. The Bertz CT molecular complexity index is 921. The molecule has 3 aliphatic rings. The summed E-state index contributed by atoms with van der Waals surface area (Å²) in [4.78, 5) is 29.2. The number of rotatable bonds is 6. The van der Waals surface area contributed by atoms with Crippen LogP contribution in [0.2, 0.25) is 0 Å². The van der Waals surface area contributed by atoms with E-state index in [-0.39, 0.29) is 24.1 Å². The fourth-order valence-corrected chi connectivity index (χ4v) is 4.21. The van der Waals surface area contributed by atoms with E-state index in [0.717, 1.165) is 62.8 Å². The van der Waals surface area contributed by atoms with Gasteiger partial charge in [0.2, 0.25) is 5.91 Å². The molecule has 3 fully saturated rings. The van der Waals surface area contributed by atoms with E-state index in [1.54, 1.807) is 10.7 Å². The van der Waals surface area contributed by atoms with Crippen LogP contribution in [0.3, 0.4) is 0 Å². The zero-order valence-electron chi connectivity index (χ0n) is 15.3. The third kappa shape index (κ3) is 3.19. The second-order valence-electron chi connectivity index (χ2n) is 8.24. The summed E-state index contributed by atoms with van der Waals surface area (Å²) in [6.07, 6.45) is 8.52. The second kappa shape index (κ2) is 6.32. The van der Waals surface area contributed by atoms with Gasteiger partial charge in [0, 0.05) is 23.6 Å². The summed E-state index contributed by atoms with van der Waals surface area (Å²) >= 11 is 0. The minimum absolute atomic E-state index is 0.0656. The van der Waals surface area contributed by atoms with Gasteiger partial charge in [0.25, 0.3) is 0 Å². The molecule has 0 saturated heterocycles. The molecule has 0 aliphatic heterocycles. The summed E-state index contributed by atoms with van der Waals surface area (Å²) in [6.45, 7) is 0.0971. The van der Waals surface area contributed by atoms with Gasteiger partial charge in [-0.3, -0.25) is 4.79 Å². The maximum absolute atomic E-state index is 12.5. The van der Waals surface area contributed by atoms with Crippen LogP contribution in [0.25, 0.3) is 11.0 Å². The predicted molar refractivity (Wildman–Crippen MR) is 98.8 cm³/mol. The van der Waals surface area contributed by atoms with Gasteiger partial charge in [-0.15, -0.1) is 0 Å². The van der Waals surface area contributed by atoms with Crippen LogP contribution in [0, 0.1) is 0 Å². The van der Waals surface area contributed by atoms with Gasteiger partial charge in [-0.05, 0) is 44.6 Å². The first-order valence-electron chi connectivity index (χ1n) is 10.0. The standard InChI is InChI=1S/C20H24N4O3/c25-16(21-13-3-1-2-4-13)10-24-19-17(18(23-24)12-7-8-12)14(20(26)27)9-15(22-19)11-5-6-11/h9,11-13H,1-8,10H2,(H,21,25)(H,26,27). The molecule has 2 aromatic rings. The average molecular weight is 368 g/mol. The number of hydrogen-bond acceptors (Lipinski definition) is 4. The summed E-state index contributed by atoms with van der Waals surface area (Å²) in [5, 5.41) is 18.1. The van der Waals surface area contributed by atoms with Crippen molar-refractivity contribution in [1.82, 2.24) is 20.1 Å². The number of nitrogens with one attached hydrogen (secondary N) is 1. The number of fused-ring (bicyclic) bond motifs is 1. The van der Waals surface area contributed by atoms with Crippen molar-refractivity contribution in [1.29, 1.82) is 0 Å². The first-order chi connectivity index (χ1) is 13.1. The Morgan fingerprint density at radius 2 is 1.81 bits per heavy atom. The molecule has 3 aliphatic carbocycles. The van der Waals surface area contributed by atoms with Gasteiger partial charge in [0.15, 0.2) is 5.65 Å². The highest BCUT2D eigenvalue weighted by Crippen LogP contribution is 2.45. The molecular weight excluding hydrogens is 344 g/mol. The lowest BCUT2D eigenvalue weighted by Crippen LogP contribution is -2.35. The van der Waals surface area contributed by atoms with Crippen LogP contribution in [0.1, 0.15) is 84.9 Å². The number of aromatic carboxylic acids is 1. The zero-order valence-corrected chi connectivity index (χ0v) is 15.3. The van der Waals surface area contributed by atoms with Crippen molar-refractivity contribution in [2.75, 3.05) is 0 Å². The highest BCUT2D eigenvalue weighted by molar-refractivity contribution is 6.03. The van der Waals surface area contributed by atoms with E-state index in [1.807, 2.05) is 0 Å². The summed E-state index contributed by atoms with van der Waals surface area (Å²) in [5.41, 5.74) is 2.46. The molecule has 0 radical (unpaired) electrons. The lowest BCUT2D eigenvalue weighted by Gasteiger charge is -2.12. The fraction of sp³-hybridized carbons (Fsp3) is 0.600. The summed E-state index contributed by atoms with van der Waals surface area (Å²) < 4.78 is 1.63. The minimum atomic E-state index is -0.943. The van der Waals surface area contributed by atoms with Crippen LogP contribution in [0.4, 0.5) is 0 Å². The van der Waals surface area contributed by atoms with E-state index in [0.29, 0.717) is 22.9 Å². The Kier molecular flexibility index (Phi) is 3.91. The van der Waals surface area contributed by atoms with Crippen LogP contribution in [-0.4, -0.2) is 37.8 Å². The van der Waals surface area contributed by atoms with Gasteiger partial charge in [-0.1, -0.05) is 12.8 Å². The number of carboxylic acids is 1. The molecule has 27 heavy (non-hydrogen) atoms. The van der Waals surface area contributed by atoms with Crippen molar-refractivity contribution in [3.8, 4) is 0 Å². The molecule has 0 atom stereocenters. The lowest BCUT2D eigenvalue weighted by molar-refractivity contribution is -0.122. The van der Waals surface area contributed by atoms with E-state index in [1.165, 1.54) is 0 Å². The normalized spacial score (nSPS) is 20.3. The zero-order chi connectivity index (χ0) is 18.5. The number of hydrogen-bond donors (Lipinski definition) is 2. The van der Waals surface area contributed by atoms with Crippen molar-refractivity contribution < 1.29 is 14.7 Å². The first-order valence-corrected chi connectivity index (χ1v) is 10.0. The summed E-state index contributed by atoms with van der Waals surface area (Å²) in [7, 11) is 0. The molecule has 2 aromatic heterocycles. The molecule has 0 bridgehead atoms. The molecule has 3 saturated carbocycles. The van der Waals surface area contributed by atoms with E-state index < -0.39 is 5.97 Å². The van der Waals surface area contributed by atoms with Gasteiger partial charge >= 0.3 is 5.97 Å². The summed E-state index contributed by atoms with van der Waals surface area (Å²) in [5.74, 6) is -0.379. The van der Waals surface area contributed by atoms with E-state index in [4.69, 9.17) is 4.98 Å². The molecule has 5 rings (SSSR count). The largest absolute Gasteiger partial charge is 0.478 e. The van der Waals surface area contributed by atoms with Crippen molar-refractivity contribution >= 4 is 22.9 Å². The van der Waals surface area contributed by atoms with Crippen LogP contribution in [0.15, 0.2) is 6.07 Å². The highest BCUT2D eigenvalue weighted by Gasteiger charge is 2.34. The molecular formula is C20H24N4O3. The quantitative estimate of drug-likeness (QED) is 0.817. The molecule has 0 aromatic carbocycles. The highest BCUT2D eigenvalue weighted by atomic mass is 16.4. The molecule has 142 valence electrons. The van der Waals surface area contributed by atoms with Crippen LogP contribution < -0.4 is 5.32 Å². The van der Waals surface area contributed by atoms with E-state index >= 15 is 0 Å². The van der Waals surface area contributed by atoms with Gasteiger partial charge in [0.05, 0.1) is 16.6 Å². The number of nitrogens with zero attached hydrogens (tertiary/aromatic N) is 3. The second-order valence-corrected chi connectivity index (χ2v) is 8.24. The van der Waals surface area contributed by atoms with Gasteiger partial charge in [0.1, 0.15) is 6.54 Å². The van der Waals surface area contributed by atoms with Crippen LogP contribution >= 0.6 is 0 Å². The Morgan fingerprint density at radius 3 is 2.44 bits per heavy atom. The van der Waals surface area contributed by atoms with Crippen molar-refractivity contribution in [3.63, 3.8) is 0 Å². The maximum atomic E-state index is 12.5. The number of carbonyl (C=O) groups excluding carboxylic acids is 1. The molecule has 0 unspecified atom stereocenters. The number of amides is 1. The van der Waals surface area contributed by atoms with Crippen LogP contribution in [-0.2, 0) is 11.3 Å². The van der Waals surface area contributed by atoms with E-state index in [9.17, 15) is 14.7 Å². The first kappa shape index (κ1) is 16.7. The molecule has 7 heteroatoms. The topological polar surface area (TPSA) is 97.1 Å². The Hall–Kier alpha value is -2.44. The third-order valence-electron chi connectivity index (χ3n) is 5.95. The number of carbonyl (C=O) groups is 2. The van der Waals surface area contributed by atoms with Crippen molar-refractivity contribution in [2.24, 2.45) is 0 Å². The third-order valence-corrected chi connectivity index (χ3v) is 5.95. The van der Waals surface area contributed by atoms with Crippen molar-refractivity contribution in [3.05, 3.63) is 23.0 Å². The van der Waals surface area contributed by atoms with Crippen LogP contribution in [0.5, 0.6) is 0 Å². The minimum Gasteiger partial charge on any atom is -0.478 e. The SMILES string of the molecule is O=C(Cn1nc(C2CC2)c2c(C(=O)O)cc(C3CC3)nc21)NC1CCCC1. The molecule has 2 N–H and O–H groups in total. The number of pyridine rings is 1. The van der Waals surface area contributed by atoms with E-state index in [2.05, 4.69) is 10.4 Å². The van der Waals surface area contributed by atoms with Gasteiger partial charge in [-0.2, -0.15) is 5.10 Å². The Labute approximate surface area is 157 Å². The Morgan fingerprint density at radius 1 is 1.11 bits per heavy atom. The number of carboxylic acid groups (broad SMARTS) is 1. The Balaban J connectivity index is 1.54. The maximum Gasteiger partial charge on any atom is 0.336 e. The summed E-state index contributed by atoms with van der Waals surface area (Å²) in [6, 6.07) is 1.98. The smallest absolute Gasteiger partial charge is 0.336 e. The fourth-order valence-electron chi connectivity index (χ4n) is 4.21.